The van der Waals surface area contributed by atoms with Gasteiger partial charge in [-0.15, -0.1) is 0 Å². The second-order valence-corrected chi connectivity index (χ2v) is 8.86. The Morgan fingerprint density at radius 3 is 2.42 bits per heavy atom. The lowest BCUT2D eigenvalue weighted by Gasteiger charge is -2.19. The summed E-state index contributed by atoms with van der Waals surface area (Å²) in [5.74, 6) is 0.875. The van der Waals surface area contributed by atoms with Crippen LogP contribution in [0.25, 0.3) is 0 Å². The fourth-order valence-corrected chi connectivity index (χ4v) is 4.60. The molecule has 0 amide bonds. The lowest BCUT2D eigenvalue weighted by molar-refractivity contribution is -0.0820. The Balaban J connectivity index is 1.47. The van der Waals surface area contributed by atoms with Crippen LogP contribution in [0.4, 0.5) is 0 Å². The van der Waals surface area contributed by atoms with Crippen molar-refractivity contribution >= 4 is 11.6 Å². The van der Waals surface area contributed by atoms with E-state index in [0.717, 1.165) is 29.7 Å². The third-order valence-corrected chi connectivity index (χ3v) is 6.56. The zero-order chi connectivity index (χ0) is 22.0. The standard InChI is InChI=1S/C24H29ClO6/c25-19-10-7-15(23-21(28)22(29)24(31-23)20(27)13-26)12-16(19)11-14-5-8-18(9-6-14)30-17-3-1-2-4-17/h5-10,12,17,20-24,26-29H,1-4,11,13H2/t20-,21-,22-,23+,24-/m1/s1. The molecule has 0 bridgehead atoms. The first-order chi connectivity index (χ1) is 15.0. The summed E-state index contributed by atoms with van der Waals surface area (Å²) in [5.41, 5.74) is 2.58. The molecule has 7 heteroatoms. The van der Waals surface area contributed by atoms with Crippen molar-refractivity contribution in [3.8, 4) is 5.75 Å². The zero-order valence-corrected chi connectivity index (χ0v) is 18.0. The summed E-state index contributed by atoms with van der Waals surface area (Å²) in [6.07, 6.45) is -0.0632. The molecule has 0 unspecified atom stereocenters. The zero-order valence-electron chi connectivity index (χ0n) is 17.2. The largest absolute Gasteiger partial charge is 0.490 e. The molecule has 1 saturated carbocycles. The molecule has 168 valence electrons. The molecule has 4 N–H and O–H groups in total. The summed E-state index contributed by atoms with van der Waals surface area (Å²) < 4.78 is 11.7. The third-order valence-electron chi connectivity index (χ3n) is 6.19. The van der Waals surface area contributed by atoms with Gasteiger partial charge in [-0.2, -0.15) is 0 Å². The first-order valence-electron chi connectivity index (χ1n) is 10.8. The maximum atomic E-state index is 10.4. The van der Waals surface area contributed by atoms with Crippen molar-refractivity contribution in [1.29, 1.82) is 0 Å². The Morgan fingerprint density at radius 1 is 1.03 bits per heavy atom. The summed E-state index contributed by atoms with van der Waals surface area (Å²) in [5, 5.41) is 40.2. The Morgan fingerprint density at radius 2 is 1.74 bits per heavy atom. The molecule has 0 radical (unpaired) electrons. The van der Waals surface area contributed by atoms with Gasteiger partial charge in [0.05, 0.1) is 12.7 Å². The number of ether oxygens (including phenoxy) is 2. The van der Waals surface area contributed by atoms with Crippen LogP contribution in [0.5, 0.6) is 5.75 Å². The fraction of sp³-hybridized carbons (Fsp3) is 0.500. The molecule has 4 rings (SSSR count). The molecule has 2 fully saturated rings. The fourth-order valence-electron chi connectivity index (χ4n) is 4.41. The number of rotatable bonds is 7. The van der Waals surface area contributed by atoms with E-state index in [4.69, 9.17) is 26.2 Å². The van der Waals surface area contributed by atoms with Crippen molar-refractivity contribution in [3.63, 3.8) is 0 Å². The summed E-state index contributed by atoms with van der Waals surface area (Å²) in [7, 11) is 0. The molecular weight excluding hydrogens is 420 g/mol. The van der Waals surface area contributed by atoms with Gasteiger partial charge >= 0.3 is 0 Å². The van der Waals surface area contributed by atoms with Crippen molar-refractivity contribution in [2.75, 3.05) is 6.61 Å². The number of hydrogen-bond donors (Lipinski definition) is 4. The van der Waals surface area contributed by atoms with E-state index in [9.17, 15) is 15.3 Å². The highest BCUT2D eigenvalue weighted by Gasteiger charge is 2.46. The van der Waals surface area contributed by atoms with Crippen LogP contribution in [0.3, 0.4) is 0 Å². The van der Waals surface area contributed by atoms with Crippen LogP contribution < -0.4 is 4.74 Å². The van der Waals surface area contributed by atoms with Crippen LogP contribution >= 0.6 is 11.6 Å². The summed E-state index contributed by atoms with van der Waals surface area (Å²) >= 11 is 6.41. The average molecular weight is 449 g/mol. The number of aliphatic hydroxyl groups is 4. The van der Waals surface area contributed by atoms with Gasteiger partial charge < -0.3 is 29.9 Å². The minimum Gasteiger partial charge on any atom is -0.490 e. The Hall–Kier alpha value is -1.67. The van der Waals surface area contributed by atoms with Crippen LogP contribution in [-0.4, -0.2) is 57.6 Å². The summed E-state index contributed by atoms with van der Waals surface area (Å²) in [4.78, 5) is 0. The Labute approximate surface area is 187 Å². The van der Waals surface area contributed by atoms with E-state index >= 15 is 0 Å². The first-order valence-corrected chi connectivity index (χ1v) is 11.2. The molecule has 1 heterocycles. The van der Waals surface area contributed by atoms with E-state index in [0.29, 0.717) is 23.1 Å². The monoisotopic (exact) mass is 448 g/mol. The maximum Gasteiger partial charge on any atom is 0.119 e. The molecule has 0 spiro atoms. The Bertz CT molecular complexity index is 867. The predicted molar refractivity (Wildman–Crippen MR) is 116 cm³/mol. The molecule has 6 nitrogen and oxygen atoms in total. The van der Waals surface area contributed by atoms with E-state index in [-0.39, 0.29) is 0 Å². The molecule has 1 aliphatic carbocycles. The first kappa shape index (κ1) is 22.5. The van der Waals surface area contributed by atoms with Gasteiger partial charge in [0.25, 0.3) is 0 Å². The van der Waals surface area contributed by atoms with Gasteiger partial charge in [0.2, 0.25) is 0 Å². The number of halogens is 1. The van der Waals surface area contributed by atoms with E-state index in [1.54, 1.807) is 12.1 Å². The highest BCUT2D eigenvalue weighted by atomic mass is 35.5. The van der Waals surface area contributed by atoms with E-state index in [2.05, 4.69) is 0 Å². The van der Waals surface area contributed by atoms with E-state index < -0.39 is 37.1 Å². The smallest absolute Gasteiger partial charge is 0.119 e. The molecule has 2 aromatic carbocycles. The van der Waals surface area contributed by atoms with Gasteiger partial charge in [-0.3, -0.25) is 0 Å². The topological polar surface area (TPSA) is 99.4 Å². The van der Waals surface area contributed by atoms with Crippen molar-refractivity contribution in [2.45, 2.75) is 68.7 Å². The van der Waals surface area contributed by atoms with Gasteiger partial charge in [0.1, 0.15) is 36.3 Å². The van der Waals surface area contributed by atoms with E-state index in [1.165, 1.54) is 12.8 Å². The minimum atomic E-state index is -1.29. The van der Waals surface area contributed by atoms with Gasteiger partial charge in [-0.25, -0.2) is 0 Å². The van der Waals surface area contributed by atoms with Crippen molar-refractivity contribution < 1.29 is 29.9 Å². The van der Waals surface area contributed by atoms with Crippen molar-refractivity contribution in [1.82, 2.24) is 0 Å². The SMILES string of the molecule is OC[C@@H](O)[C@H]1O[C@@H](c2ccc(Cl)c(Cc3ccc(OC4CCCC4)cc3)c2)[C@H](O)[C@H]1O. The number of benzene rings is 2. The van der Waals surface area contributed by atoms with E-state index in [1.807, 2.05) is 30.3 Å². The average Bonchev–Trinajstić information content (AvgIpc) is 3.39. The normalized spacial score (nSPS) is 27.5. The molecule has 2 aliphatic rings. The second-order valence-electron chi connectivity index (χ2n) is 8.45. The quantitative estimate of drug-likeness (QED) is 0.520. The maximum absolute atomic E-state index is 10.4. The van der Waals surface area contributed by atoms with Crippen LogP contribution in [0.1, 0.15) is 48.5 Å². The van der Waals surface area contributed by atoms with Crippen molar-refractivity contribution in [3.05, 3.63) is 64.2 Å². The minimum absolute atomic E-state index is 0.318. The molecule has 1 saturated heterocycles. The molecule has 0 aromatic heterocycles. The van der Waals surface area contributed by atoms with Crippen molar-refractivity contribution in [2.24, 2.45) is 0 Å². The second kappa shape index (κ2) is 9.86. The van der Waals surface area contributed by atoms with Crippen LogP contribution in [0.2, 0.25) is 5.02 Å². The molecule has 2 aromatic rings. The van der Waals surface area contributed by atoms with Gasteiger partial charge in [-0.1, -0.05) is 35.9 Å². The van der Waals surface area contributed by atoms with Crippen LogP contribution in [0, 0.1) is 0 Å². The Kier molecular flexibility index (Phi) is 7.16. The summed E-state index contributed by atoms with van der Waals surface area (Å²) in [6.45, 7) is -0.562. The molecule has 31 heavy (non-hydrogen) atoms. The van der Waals surface area contributed by atoms with Crippen LogP contribution in [-0.2, 0) is 11.2 Å². The van der Waals surface area contributed by atoms with Crippen LogP contribution in [0.15, 0.2) is 42.5 Å². The molecule has 1 aliphatic heterocycles. The van der Waals surface area contributed by atoms with Gasteiger partial charge in [-0.05, 0) is 67.0 Å². The number of hydrogen-bond acceptors (Lipinski definition) is 6. The lowest BCUT2D eigenvalue weighted by atomic mass is 9.96. The third kappa shape index (κ3) is 5.06. The summed E-state index contributed by atoms with van der Waals surface area (Å²) in [6, 6.07) is 13.3. The lowest BCUT2D eigenvalue weighted by Crippen LogP contribution is -2.40. The predicted octanol–water partition coefficient (Wildman–Crippen LogP) is 2.77. The highest BCUT2D eigenvalue weighted by molar-refractivity contribution is 6.31. The van der Waals surface area contributed by atoms with Gasteiger partial charge in [0, 0.05) is 5.02 Å². The highest BCUT2D eigenvalue weighted by Crippen LogP contribution is 2.36. The number of aliphatic hydroxyl groups excluding tert-OH is 4. The molecular formula is C24H29ClO6. The molecule has 5 atom stereocenters. The van der Waals surface area contributed by atoms with Gasteiger partial charge in [0.15, 0.2) is 0 Å².